The highest BCUT2D eigenvalue weighted by Crippen LogP contribution is 2.23. The second-order valence-corrected chi connectivity index (χ2v) is 7.28. The van der Waals surface area contributed by atoms with Crippen LogP contribution in [0.1, 0.15) is 29.8 Å². The van der Waals surface area contributed by atoms with Crippen molar-refractivity contribution in [2.45, 2.75) is 26.4 Å². The lowest BCUT2D eigenvalue weighted by Gasteiger charge is -2.35. The fourth-order valence-electron chi connectivity index (χ4n) is 3.55. The number of aliphatic imine (C=N–C) groups is 1. The first-order valence-electron chi connectivity index (χ1n) is 10.6. The molecule has 0 amide bonds. The van der Waals surface area contributed by atoms with Gasteiger partial charge >= 0.3 is 0 Å². The highest BCUT2D eigenvalue weighted by molar-refractivity contribution is 14.0. The summed E-state index contributed by atoms with van der Waals surface area (Å²) in [7, 11) is 1.69. The van der Waals surface area contributed by atoms with Crippen LogP contribution in [-0.4, -0.2) is 62.3 Å². The van der Waals surface area contributed by atoms with Crippen molar-refractivity contribution in [3.05, 3.63) is 59.4 Å². The lowest BCUT2D eigenvalue weighted by atomic mass is 10.0. The number of nitrogens with zero attached hydrogens (tertiary/aromatic N) is 3. The van der Waals surface area contributed by atoms with Crippen LogP contribution in [0.3, 0.4) is 0 Å². The van der Waals surface area contributed by atoms with E-state index in [-0.39, 0.29) is 30.0 Å². The van der Waals surface area contributed by atoms with Crippen LogP contribution in [0, 0.1) is 6.92 Å². The van der Waals surface area contributed by atoms with Crippen LogP contribution in [0.25, 0.3) is 0 Å². The fraction of sp³-hybridized carbons (Fsp3) is 0.478. The van der Waals surface area contributed by atoms with Crippen LogP contribution >= 0.6 is 24.0 Å². The molecule has 2 N–H and O–H groups in total. The molecule has 1 aromatic heterocycles. The van der Waals surface area contributed by atoms with E-state index in [9.17, 15) is 0 Å². The SMILES string of the molecule is CCNC(=NCc1ncccc1C)NCC(c1ccc(OC)cc1)N1CCOCC1.I. The molecule has 1 unspecified atom stereocenters. The van der Waals surface area contributed by atoms with E-state index < -0.39 is 0 Å². The topological polar surface area (TPSA) is 71.0 Å². The Labute approximate surface area is 202 Å². The van der Waals surface area contributed by atoms with E-state index in [2.05, 4.69) is 52.6 Å². The van der Waals surface area contributed by atoms with Gasteiger partial charge in [-0.3, -0.25) is 9.88 Å². The van der Waals surface area contributed by atoms with E-state index in [4.69, 9.17) is 14.5 Å². The van der Waals surface area contributed by atoms with E-state index in [1.807, 2.05) is 24.4 Å². The molecule has 8 heteroatoms. The number of rotatable bonds is 8. The Balaban J connectivity index is 0.00000341. The number of halogens is 1. The Morgan fingerprint density at radius 1 is 1.19 bits per heavy atom. The number of guanidine groups is 1. The number of ether oxygens (including phenoxy) is 2. The zero-order valence-electron chi connectivity index (χ0n) is 18.6. The number of aromatic nitrogens is 1. The average Bonchev–Trinajstić information content (AvgIpc) is 2.79. The van der Waals surface area contributed by atoms with Gasteiger partial charge in [0.25, 0.3) is 0 Å². The third-order valence-corrected chi connectivity index (χ3v) is 5.30. The Kier molecular flexibility index (Phi) is 11.0. The van der Waals surface area contributed by atoms with Crippen molar-refractivity contribution < 1.29 is 9.47 Å². The summed E-state index contributed by atoms with van der Waals surface area (Å²) >= 11 is 0. The van der Waals surface area contributed by atoms with Crippen LogP contribution in [-0.2, 0) is 11.3 Å². The summed E-state index contributed by atoms with van der Waals surface area (Å²) in [6.45, 7) is 9.60. The van der Waals surface area contributed by atoms with E-state index in [0.29, 0.717) is 6.54 Å². The second kappa shape index (κ2) is 13.5. The standard InChI is InChI=1S/C23H33N5O2.HI/c1-4-24-23(26-16-21-18(2)6-5-11-25-21)27-17-22(28-12-14-30-15-13-28)19-7-9-20(29-3)10-8-19;/h5-11,22H,4,12-17H2,1-3H3,(H2,24,26,27);1H. The van der Waals surface area contributed by atoms with E-state index in [1.165, 1.54) is 5.56 Å². The Morgan fingerprint density at radius 3 is 2.58 bits per heavy atom. The van der Waals surface area contributed by atoms with Gasteiger partial charge in [0, 0.05) is 32.4 Å². The molecule has 7 nitrogen and oxygen atoms in total. The minimum atomic E-state index is 0. The summed E-state index contributed by atoms with van der Waals surface area (Å²) in [5.74, 6) is 1.67. The number of hydrogen-bond donors (Lipinski definition) is 2. The van der Waals surface area contributed by atoms with Gasteiger partial charge in [-0.25, -0.2) is 4.99 Å². The third-order valence-electron chi connectivity index (χ3n) is 5.30. The minimum Gasteiger partial charge on any atom is -0.497 e. The summed E-state index contributed by atoms with van der Waals surface area (Å²) in [5.41, 5.74) is 3.40. The van der Waals surface area contributed by atoms with Gasteiger partial charge in [0.05, 0.1) is 38.6 Å². The van der Waals surface area contributed by atoms with Gasteiger partial charge in [0.1, 0.15) is 5.75 Å². The predicted octanol–water partition coefficient (Wildman–Crippen LogP) is 3.15. The molecule has 0 aliphatic carbocycles. The number of morpholine rings is 1. The smallest absolute Gasteiger partial charge is 0.191 e. The molecular weight excluding hydrogens is 505 g/mol. The number of methoxy groups -OCH3 is 1. The van der Waals surface area contributed by atoms with Crippen LogP contribution in [0.15, 0.2) is 47.6 Å². The molecule has 1 aliphatic rings. The monoisotopic (exact) mass is 539 g/mol. The summed E-state index contributed by atoms with van der Waals surface area (Å²) < 4.78 is 10.9. The molecular formula is C23H34IN5O2. The first kappa shape index (κ1) is 25.4. The number of nitrogens with one attached hydrogen (secondary N) is 2. The normalized spacial score (nSPS) is 15.6. The Hall–Kier alpha value is -1.91. The number of pyridine rings is 1. The van der Waals surface area contributed by atoms with Crippen molar-refractivity contribution in [2.24, 2.45) is 4.99 Å². The van der Waals surface area contributed by atoms with Crippen molar-refractivity contribution in [3.63, 3.8) is 0 Å². The van der Waals surface area contributed by atoms with Gasteiger partial charge in [-0.2, -0.15) is 0 Å². The van der Waals surface area contributed by atoms with Gasteiger partial charge < -0.3 is 20.1 Å². The van der Waals surface area contributed by atoms with Gasteiger partial charge in [0.15, 0.2) is 5.96 Å². The molecule has 2 heterocycles. The van der Waals surface area contributed by atoms with Gasteiger partial charge in [0.2, 0.25) is 0 Å². The van der Waals surface area contributed by atoms with Crippen molar-refractivity contribution in [1.82, 2.24) is 20.5 Å². The highest BCUT2D eigenvalue weighted by Gasteiger charge is 2.23. The third kappa shape index (κ3) is 7.62. The molecule has 1 aromatic carbocycles. The molecule has 31 heavy (non-hydrogen) atoms. The summed E-state index contributed by atoms with van der Waals surface area (Å²) in [6, 6.07) is 12.6. The molecule has 3 rings (SSSR count). The van der Waals surface area contributed by atoms with Crippen molar-refractivity contribution in [3.8, 4) is 5.75 Å². The van der Waals surface area contributed by atoms with Gasteiger partial charge in [-0.05, 0) is 43.2 Å². The molecule has 0 spiro atoms. The van der Waals surface area contributed by atoms with Crippen LogP contribution in [0.4, 0.5) is 0 Å². The Morgan fingerprint density at radius 2 is 1.94 bits per heavy atom. The average molecular weight is 539 g/mol. The predicted molar refractivity (Wildman–Crippen MR) is 135 cm³/mol. The van der Waals surface area contributed by atoms with Crippen molar-refractivity contribution >= 4 is 29.9 Å². The van der Waals surface area contributed by atoms with Crippen LogP contribution in [0.2, 0.25) is 0 Å². The van der Waals surface area contributed by atoms with Gasteiger partial charge in [-0.1, -0.05) is 18.2 Å². The molecule has 1 saturated heterocycles. The zero-order chi connectivity index (χ0) is 21.2. The van der Waals surface area contributed by atoms with Crippen molar-refractivity contribution in [1.29, 1.82) is 0 Å². The first-order chi connectivity index (χ1) is 14.7. The highest BCUT2D eigenvalue weighted by atomic mass is 127. The van der Waals surface area contributed by atoms with Crippen LogP contribution in [0.5, 0.6) is 5.75 Å². The lowest BCUT2D eigenvalue weighted by Crippen LogP contribution is -2.46. The summed E-state index contributed by atoms with van der Waals surface area (Å²) in [4.78, 5) is 11.7. The maximum absolute atomic E-state index is 5.56. The summed E-state index contributed by atoms with van der Waals surface area (Å²) in [5, 5.41) is 6.88. The molecule has 1 atom stereocenters. The zero-order valence-corrected chi connectivity index (χ0v) is 21.0. The maximum Gasteiger partial charge on any atom is 0.191 e. The summed E-state index contributed by atoms with van der Waals surface area (Å²) in [6.07, 6.45) is 1.82. The molecule has 2 aromatic rings. The molecule has 170 valence electrons. The molecule has 1 fully saturated rings. The number of aryl methyl sites for hydroxylation is 1. The number of benzene rings is 1. The van der Waals surface area contributed by atoms with Crippen LogP contribution < -0.4 is 15.4 Å². The van der Waals surface area contributed by atoms with Gasteiger partial charge in [-0.15, -0.1) is 24.0 Å². The molecule has 1 aliphatic heterocycles. The minimum absolute atomic E-state index is 0. The van der Waals surface area contributed by atoms with E-state index >= 15 is 0 Å². The van der Waals surface area contributed by atoms with E-state index in [1.54, 1.807) is 7.11 Å². The quantitative estimate of drug-likeness (QED) is 0.305. The largest absolute Gasteiger partial charge is 0.497 e. The fourth-order valence-corrected chi connectivity index (χ4v) is 3.55. The molecule has 0 bridgehead atoms. The second-order valence-electron chi connectivity index (χ2n) is 7.28. The number of hydrogen-bond acceptors (Lipinski definition) is 5. The maximum atomic E-state index is 5.56. The first-order valence-corrected chi connectivity index (χ1v) is 10.6. The Bertz CT molecular complexity index is 810. The lowest BCUT2D eigenvalue weighted by molar-refractivity contribution is 0.0170. The van der Waals surface area contributed by atoms with Crippen molar-refractivity contribution in [2.75, 3.05) is 46.5 Å². The van der Waals surface area contributed by atoms with E-state index in [0.717, 1.165) is 62.4 Å². The molecule has 0 saturated carbocycles. The molecule has 0 radical (unpaired) electrons.